The van der Waals surface area contributed by atoms with Crippen molar-refractivity contribution >= 4 is 29.0 Å². The number of amides is 1. The highest BCUT2D eigenvalue weighted by Gasteiger charge is 2.31. The Hall–Kier alpha value is -2.34. The summed E-state index contributed by atoms with van der Waals surface area (Å²) < 4.78 is 0. The van der Waals surface area contributed by atoms with Crippen LogP contribution < -0.4 is 0 Å². The Balaban J connectivity index is 2.24. The van der Waals surface area contributed by atoms with Crippen LogP contribution in [-0.4, -0.2) is 47.1 Å². The fraction of sp³-hybridized carbons (Fsp3) is 0.353. The zero-order chi connectivity index (χ0) is 17.7. The number of ketones is 1. The summed E-state index contributed by atoms with van der Waals surface area (Å²) in [6, 6.07) is 6.37. The van der Waals surface area contributed by atoms with Crippen LogP contribution in [0.25, 0.3) is 0 Å². The third-order valence-corrected chi connectivity index (χ3v) is 3.80. The molecule has 1 heterocycles. The monoisotopic (exact) mass is 350 g/mol. The van der Waals surface area contributed by atoms with Gasteiger partial charge in [-0.1, -0.05) is 23.7 Å². The van der Waals surface area contributed by atoms with E-state index in [2.05, 4.69) is 5.16 Å². The van der Waals surface area contributed by atoms with Gasteiger partial charge in [-0.3, -0.25) is 9.59 Å². The van der Waals surface area contributed by atoms with Gasteiger partial charge in [0.15, 0.2) is 5.78 Å². The summed E-state index contributed by atoms with van der Waals surface area (Å²) in [6.07, 6.45) is 0.441. The third kappa shape index (κ3) is 3.94. The Morgan fingerprint density at radius 3 is 2.50 bits per heavy atom. The number of carbonyl (C=O) groups excluding carboxylic acids is 2. The molecule has 2 rings (SSSR count). The second kappa shape index (κ2) is 7.97. The standard InChI is InChI=1S/C17H19ClN2O4/c1-3-13(19-24-4-2)16-14(21)9-20(10-15(16)22)17(23)11-5-7-12(18)8-6-11/h5-8,21H,3-4,9-10H2,1-2H3. The van der Waals surface area contributed by atoms with Crippen LogP contribution in [0.15, 0.2) is 40.8 Å². The molecule has 0 radical (unpaired) electrons. The van der Waals surface area contributed by atoms with E-state index in [1.54, 1.807) is 31.2 Å². The van der Waals surface area contributed by atoms with Crippen LogP contribution in [0, 0.1) is 0 Å². The lowest BCUT2D eigenvalue weighted by molar-refractivity contribution is -0.116. The van der Waals surface area contributed by atoms with E-state index in [4.69, 9.17) is 16.4 Å². The Kier molecular flexibility index (Phi) is 5.98. The van der Waals surface area contributed by atoms with E-state index in [1.807, 2.05) is 6.92 Å². The highest BCUT2D eigenvalue weighted by molar-refractivity contribution is 6.30. The smallest absolute Gasteiger partial charge is 0.254 e. The van der Waals surface area contributed by atoms with Crippen molar-refractivity contribution in [2.45, 2.75) is 20.3 Å². The van der Waals surface area contributed by atoms with Crippen LogP contribution in [0.3, 0.4) is 0 Å². The molecular formula is C17H19ClN2O4. The molecule has 6 nitrogen and oxygen atoms in total. The van der Waals surface area contributed by atoms with E-state index in [9.17, 15) is 14.7 Å². The number of oxime groups is 1. The molecule has 1 aromatic carbocycles. The first-order valence-corrected chi connectivity index (χ1v) is 8.05. The summed E-state index contributed by atoms with van der Waals surface area (Å²) in [4.78, 5) is 31.1. The van der Waals surface area contributed by atoms with Gasteiger partial charge in [0.2, 0.25) is 0 Å². The van der Waals surface area contributed by atoms with Crippen molar-refractivity contribution in [1.82, 2.24) is 4.90 Å². The number of rotatable bonds is 5. The maximum absolute atomic E-state index is 12.5. The Labute approximate surface area is 145 Å². The molecule has 0 saturated heterocycles. The van der Waals surface area contributed by atoms with Gasteiger partial charge in [-0.05, 0) is 37.6 Å². The maximum Gasteiger partial charge on any atom is 0.254 e. The summed E-state index contributed by atoms with van der Waals surface area (Å²) in [6.45, 7) is 3.80. The van der Waals surface area contributed by atoms with Crippen molar-refractivity contribution in [3.8, 4) is 0 Å². The molecule has 0 aromatic heterocycles. The highest BCUT2D eigenvalue weighted by Crippen LogP contribution is 2.19. The van der Waals surface area contributed by atoms with Crippen LogP contribution in [0.2, 0.25) is 5.02 Å². The van der Waals surface area contributed by atoms with Crippen LogP contribution in [0.4, 0.5) is 0 Å². The highest BCUT2D eigenvalue weighted by atomic mass is 35.5. The van der Waals surface area contributed by atoms with Gasteiger partial charge in [-0.25, -0.2) is 0 Å². The van der Waals surface area contributed by atoms with Crippen molar-refractivity contribution in [3.05, 3.63) is 46.2 Å². The predicted molar refractivity (Wildman–Crippen MR) is 91.4 cm³/mol. The molecule has 0 bridgehead atoms. The number of carbonyl (C=O) groups is 2. The number of halogens is 1. The second-order valence-electron chi connectivity index (χ2n) is 5.22. The van der Waals surface area contributed by atoms with Gasteiger partial charge in [0.05, 0.1) is 24.4 Å². The van der Waals surface area contributed by atoms with Crippen molar-refractivity contribution < 1.29 is 19.5 Å². The van der Waals surface area contributed by atoms with Crippen molar-refractivity contribution in [2.75, 3.05) is 19.7 Å². The minimum absolute atomic E-state index is 0.0479. The van der Waals surface area contributed by atoms with Gasteiger partial charge in [0.1, 0.15) is 12.4 Å². The summed E-state index contributed by atoms with van der Waals surface area (Å²) in [5.41, 5.74) is 0.936. The zero-order valence-electron chi connectivity index (χ0n) is 13.6. The molecular weight excluding hydrogens is 332 g/mol. The minimum Gasteiger partial charge on any atom is -0.510 e. The van der Waals surface area contributed by atoms with Crippen LogP contribution >= 0.6 is 11.6 Å². The minimum atomic E-state index is -0.360. The molecule has 1 aromatic rings. The van der Waals surface area contributed by atoms with E-state index in [-0.39, 0.29) is 36.1 Å². The van der Waals surface area contributed by atoms with Gasteiger partial charge in [0, 0.05) is 10.6 Å². The molecule has 7 heteroatoms. The molecule has 1 N–H and O–H groups in total. The number of nitrogens with zero attached hydrogens (tertiary/aromatic N) is 2. The number of Topliss-reactive ketones (excluding diaryl/α,β-unsaturated/α-hetero) is 1. The van der Waals surface area contributed by atoms with Crippen LogP contribution in [0.5, 0.6) is 0 Å². The molecule has 0 saturated carbocycles. The first-order chi connectivity index (χ1) is 11.5. The van der Waals surface area contributed by atoms with Crippen molar-refractivity contribution in [1.29, 1.82) is 0 Å². The Morgan fingerprint density at radius 1 is 1.29 bits per heavy atom. The van der Waals surface area contributed by atoms with Crippen molar-refractivity contribution in [2.24, 2.45) is 5.16 Å². The van der Waals surface area contributed by atoms with Gasteiger partial charge in [-0.15, -0.1) is 0 Å². The molecule has 0 unspecified atom stereocenters. The molecule has 128 valence electrons. The number of benzene rings is 1. The SMILES string of the molecule is CCON=C(CC)C1=C(O)CN(C(=O)c2ccc(Cl)cc2)CC1=O. The molecule has 1 aliphatic rings. The first kappa shape index (κ1) is 18.0. The average Bonchev–Trinajstić information content (AvgIpc) is 2.57. The topological polar surface area (TPSA) is 79.2 Å². The van der Waals surface area contributed by atoms with Gasteiger partial charge < -0.3 is 14.8 Å². The first-order valence-electron chi connectivity index (χ1n) is 7.67. The predicted octanol–water partition coefficient (Wildman–Crippen LogP) is 2.98. The second-order valence-corrected chi connectivity index (χ2v) is 5.66. The lowest BCUT2D eigenvalue weighted by Gasteiger charge is -2.27. The quantitative estimate of drug-likeness (QED) is 0.654. The number of aliphatic hydroxyl groups is 1. The van der Waals surface area contributed by atoms with Crippen LogP contribution in [-0.2, 0) is 9.63 Å². The number of hydrogen-bond donors (Lipinski definition) is 1. The van der Waals surface area contributed by atoms with Gasteiger partial charge in [-0.2, -0.15) is 0 Å². The maximum atomic E-state index is 12.5. The van der Waals surface area contributed by atoms with Gasteiger partial charge >= 0.3 is 0 Å². The lowest BCUT2D eigenvalue weighted by Crippen LogP contribution is -2.43. The molecule has 0 atom stereocenters. The largest absolute Gasteiger partial charge is 0.510 e. The van der Waals surface area contributed by atoms with E-state index < -0.39 is 0 Å². The molecule has 24 heavy (non-hydrogen) atoms. The van der Waals surface area contributed by atoms with E-state index >= 15 is 0 Å². The van der Waals surface area contributed by atoms with Gasteiger partial charge in [0.25, 0.3) is 5.91 Å². The molecule has 1 amide bonds. The Bertz CT molecular complexity index is 695. The van der Waals surface area contributed by atoms with E-state index in [0.29, 0.717) is 29.3 Å². The molecule has 1 aliphatic heterocycles. The summed E-state index contributed by atoms with van der Waals surface area (Å²) in [5, 5.41) is 14.7. The summed E-state index contributed by atoms with van der Waals surface area (Å²) in [7, 11) is 0. The molecule has 0 fully saturated rings. The van der Waals surface area contributed by atoms with E-state index in [0.717, 1.165) is 0 Å². The fourth-order valence-electron chi connectivity index (χ4n) is 2.40. The fourth-order valence-corrected chi connectivity index (χ4v) is 2.53. The summed E-state index contributed by atoms with van der Waals surface area (Å²) in [5.74, 6) is -0.874. The van der Waals surface area contributed by atoms with Crippen LogP contribution in [0.1, 0.15) is 30.6 Å². The molecule has 0 aliphatic carbocycles. The number of aliphatic hydroxyl groups excluding tert-OH is 1. The number of hydrogen-bond acceptors (Lipinski definition) is 5. The van der Waals surface area contributed by atoms with Crippen molar-refractivity contribution in [3.63, 3.8) is 0 Å². The average molecular weight is 351 g/mol. The zero-order valence-corrected chi connectivity index (χ0v) is 14.3. The Morgan fingerprint density at radius 2 is 1.96 bits per heavy atom. The lowest BCUT2D eigenvalue weighted by atomic mass is 9.98. The van der Waals surface area contributed by atoms with E-state index in [1.165, 1.54) is 4.90 Å². The normalized spacial score (nSPS) is 15.7. The summed E-state index contributed by atoms with van der Waals surface area (Å²) >= 11 is 5.81. The molecule has 0 spiro atoms. The third-order valence-electron chi connectivity index (χ3n) is 3.55.